The minimum atomic E-state index is -3.28. The highest BCUT2D eigenvalue weighted by Gasteiger charge is 2.48. The van der Waals surface area contributed by atoms with Crippen LogP contribution in [0.2, 0.25) is 0 Å². The van der Waals surface area contributed by atoms with Gasteiger partial charge in [0.2, 0.25) is 15.9 Å². The van der Waals surface area contributed by atoms with E-state index in [1.54, 1.807) is 17.0 Å². The van der Waals surface area contributed by atoms with E-state index in [9.17, 15) is 22.0 Å². The van der Waals surface area contributed by atoms with Crippen LogP contribution in [-0.4, -0.2) is 43.6 Å². The molecule has 2 saturated carbocycles. The molecule has 0 aromatic heterocycles. The molecular formula is C23H24F2N2O3S. The zero-order chi connectivity index (χ0) is 21.8. The number of nitrogens with one attached hydrogen (secondary N) is 1. The lowest BCUT2D eigenvalue weighted by atomic mass is 9.95. The summed E-state index contributed by atoms with van der Waals surface area (Å²) in [4.78, 5) is 14.8. The Balaban J connectivity index is 1.29. The number of hydrogen-bond acceptors (Lipinski definition) is 3. The summed E-state index contributed by atoms with van der Waals surface area (Å²) in [6.45, 7) is 0.890. The number of halogens is 2. The van der Waals surface area contributed by atoms with Gasteiger partial charge in [-0.2, -0.15) is 0 Å². The number of sulfonamides is 1. The Morgan fingerprint density at radius 1 is 1.00 bits per heavy atom. The third-order valence-electron chi connectivity index (χ3n) is 6.49. The molecule has 3 unspecified atom stereocenters. The zero-order valence-corrected chi connectivity index (χ0v) is 17.7. The summed E-state index contributed by atoms with van der Waals surface area (Å²) in [6, 6.07) is 10.6. The Bertz CT molecular complexity index is 1110. The number of benzene rings is 2. The van der Waals surface area contributed by atoms with Gasteiger partial charge >= 0.3 is 0 Å². The van der Waals surface area contributed by atoms with Crippen LogP contribution in [0, 0.1) is 17.6 Å². The molecule has 1 amide bonds. The molecule has 1 saturated heterocycles. The van der Waals surface area contributed by atoms with Crippen LogP contribution < -0.4 is 4.72 Å². The predicted molar refractivity (Wildman–Crippen MR) is 113 cm³/mol. The molecule has 2 aromatic carbocycles. The first-order chi connectivity index (χ1) is 14.8. The topological polar surface area (TPSA) is 66.5 Å². The van der Waals surface area contributed by atoms with Gasteiger partial charge in [-0.05, 0) is 54.9 Å². The van der Waals surface area contributed by atoms with Crippen molar-refractivity contribution in [3.05, 3.63) is 59.7 Å². The lowest BCUT2D eigenvalue weighted by Crippen LogP contribution is -2.40. The van der Waals surface area contributed by atoms with Crippen LogP contribution in [0.5, 0.6) is 0 Å². The van der Waals surface area contributed by atoms with E-state index < -0.39 is 21.7 Å². The highest BCUT2D eigenvalue weighted by molar-refractivity contribution is 7.90. The van der Waals surface area contributed by atoms with Crippen molar-refractivity contribution in [2.45, 2.75) is 42.9 Å². The van der Waals surface area contributed by atoms with Gasteiger partial charge in [0.15, 0.2) is 0 Å². The maximum atomic E-state index is 14.4. The van der Waals surface area contributed by atoms with E-state index in [2.05, 4.69) is 4.72 Å². The minimum absolute atomic E-state index is 0.0121. The molecule has 3 atom stereocenters. The van der Waals surface area contributed by atoms with Crippen molar-refractivity contribution in [1.82, 2.24) is 9.62 Å². The molecule has 1 aliphatic heterocycles. The highest BCUT2D eigenvalue weighted by Crippen LogP contribution is 2.51. The van der Waals surface area contributed by atoms with Crippen molar-refractivity contribution in [2.75, 3.05) is 13.1 Å². The smallest absolute Gasteiger partial charge is 0.226 e. The van der Waals surface area contributed by atoms with E-state index in [1.165, 1.54) is 18.2 Å². The molecule has 0 spiro atoms. The van der Waals surface area contributed by atoms with Crippen LogP contribution in [-0.2, 0) is 14.8 Å². The second kappa shape index (κ2) is 7.67. The molecule has 0 radical (unpaired) electrons. The van der Waals surface area contributed by atoms with E-state index in [4.69, 9.17) is 0 Å². The van der Waals surface area contributed by atoms with Gasteiger partial charge in [-0.25, -0.2) is 21.9 Å². The van der Waals surface area contributed by atoms with Gasteiger partial charge in [0.25, 0.3) is 0 Å². The van der Waals surface area contributed by atoms with Gasteiger partial charge in [-0.3, -0.25) is 4.79 Å². The number of carbonyl (C=O) groups excluding carboxylic acids is 1. The second-order valence-corrected chi connectivity index (χ2v) is 10.8. The largest absolute Gasteiger partial charge is 0.341 e. The van der Waals surface area contributed by atoms with E-state index in [-0.39, 0.29) is 34.6 Å². The van der Waals surface area contributed by atoms with Crippen molar-refractivity contribution < 1.29 is 22.0 Å². The van der Waals surface area contributed by atoms with Gasteiger partial charge in [0.1, 0.15) is 11.6 Å². The molecule has 1 heterocycles. The van der Waals surface area contributed by atoms with Gasteiger partial charge in [-0.1, -0.05) is 30.3 Å². The van der Waals surface area contributed by atoms with Crippen molar-refractivity contribution in [2.24, 2.45) is 5.92 Å². The van der Waals surface area contributed by atoms with Crippen molar-refractivity contribution in [1.29, 1.82) is 0 Å². The van der Waals surface area contributed by atoms with Gasteiger partial charge < -0.3 is 4.90 Å². The normalized spacial score (nSPS) is 25.6. The maximum absolute atomic E-state index is 14.4. The number of amides is 1. The highest BCUT2D eigenvalue weighted by atomic mass is 32.2. The van der Waals surface area contributed by atoms with E-state index in [0.717, 1.165) is 5.56 Å². The molecule has 2 aliphatic carbocycles. The van der Waals surface area contributed by atoms with Crippen LogP contribution >= 0.6 is 0 Å². The summed E-state index contributed by atoms with van der Waals surface area (Å²) in [5.74, 6) is -1.59. The molecule has 2 aromatic rings. The Labute approximate surface area is 180 Å². The fourth-order valence-electron chi connectivity index (χ4n) is 4.61. The average molecular weight is 447 g/mol. The van der Waals surface area contributed by atoms with E-state index in [1.807, 2.05) is 12.1 Å². The number of nitrogens with zero attached hydrogens (tertiary/aromatic N) is 1. The first-order valence-electron chi connectivity index (χ1n) is 10.7. The molecule has 31 heavy (non-hydrogen) atoms. The van der Waals surface area contributed by atoms with Crippen LogP contribution in [0.15, 0.2) is 42.5 Å². The van der Waals surface area contributed by atoms with Crippen molar-refractivity contribution >= 4 is 15.9 Å². The summed E-state index contributed by atoms with van der Waals surface area (Å²) < 4.78 is 55.8. The van der Waals surface area contributed by atoms with Gasteiger partial charge in [-0.15, -0.1) is 0 Å². The molecule has 3 fully saturated rings. The predicted octanol–water partition coefficient (Wildman–Crippen LogP) is 3.42. The van der Waals surface area contributed by atoms with Crippen LogP contribution in [0.4, 0.5) is 8.78 Å². The Kier molecular flexibility index (Phi) is 5.09. The fraction of sp³-hybridized carbons (Fsp3) is 0.435. The number of hydrogen-bond donors (Lipinski definition) is 1. The molecule has 164 valence electrons. The van der Waals surface area contributed by atoms with Crippen LogP contribution in [0.1, 0.15) is 37.2 Å². The average Bonchev–Trinajstić information content (AvgIpc) is 3.65. The standard InChI is InChI=1S/C23H24F2N2O3S/c24-20-6-3-7-21(25)22(20)17-5-2-1-4-16(17)18-12-19(18)23(28)27-11-10-14(13-27)26-31(29,30)15-8-9-15/h1-7,14-15,18-19,26H,8-13H2. The Morgan fingerprint density at radius 2 is 1.71 bits per heavy atom. The van der Waals surface area contributed by atoms with E-state index >= 15 is 0 Å². The summed E-state index contributed by atoms with van der Waals surface area (Å²) in [5.41, 5.74) is 1.19. The molecule has 0 bridgehead atoms. The summed E-state index contributed by atoms with van der Waals surface area (Å²) in [6.07, 6.45) is 2.64. The van der Waals surface area contributed by atoms with Crippen LogP contribution in [0.3, 0.4) is 0 Å². The summed E-state index contributed by atoms with van der Waals surface area (Å²) >= 11 is 0. The Morgan fingerprint density at radius 3 is 2.42 bits per heavy atom. The van der Waals surface area contributed by atoms with Gasteiger partial charge in [0, 0.05) is 25.0 Å². The summed E-state index contributed by atoms with van der Waals surface area (Å²) in [5, 5.41) is -0.277. The van der Waals surface area contributed by atoms with Crippen LogP contribution in [0.25, 0.3) is 11.1 Å². The Hall–Kier alpha value is -2.32. The number of carbonyl (C=O) groups is 1. The quantitative estimate of drug-likeness (QED) is 0.740. The molecule has 8 heteroatoms. The SMILES string of the molecule is O=C(C1CC1c1ccccc1-c1c(F)cccc1F)N1CCC(NS(=O)(=O)C2CC2)C1. The van der Waals surface area contributed by atoms with Crippen molar-refractivity contribution in [3.8, 4) is 11.1 Å². The minimum Gasteiger partial charge on any atom is -0.341 e. The van der Waals surface area contributed by atoms with Crippen molar-refractivity contribution in [3.63, 3.8) is 0 Å². The number of likely N-dealkylation sites (tertiary alicyclic amines) is 1. The zero-order valence-electron chi connectivity index (χ0n) is 16.9. The first-order valence-corrected chi connectivity index (χ1v) is 12.2. The fourth-order valence-corrected chi connectivity index (χ4v) is 6.22. The maximum Gasteiger partial charge on any atom is 0.226 e. The second-order valence-electron chi connectivity index (χ2n) is 8.76. The number of rotatable bonds is 6. The molecular weight excluding hydrogens is 422 g/mol. The lowest BCUT2D eigenvalue weighted by molar-refractivity contribution is -0.131. The lowest BCUT2D eigenvalue weighted by Gasteiger charge is -2.18. The van der Waals surface area contributed by atoms with E-state index in [0.29, 0.717) is 44.3 Å². The first kappa shape index (κ1) is 20.6. The molecule has 5 rings (SSSR count). The molecule has 3 aliphatic rings. The third-order valence-corrected chi connectivity index (χ3v) is 8.51. The summed E-state index contributed by atoms with van der Waals surface area (Å²) in [7, 11) is -3.28. The monoisotopic (exact) mass is 446 g/mol. The molecule has 1 N–H and O–H groups in total. The third kappa shape index (κ3) is 3.99. The molecule has 5 nitrogen and oxygen atoms in total. The van der Waals surface area contributed by atoms with Gasteiger partial charge in [0.05, 0.1) is 10.8 Å².